The van der Waals surface area contributed by atoms with Crippen molar-refractivity contribution in [3.05, 3.63) is 40.2 Å². The minimum absolute atomic E-state index is 0.0367. The molecule has 7 N–H and O–H groups in total. The number of benzene rings is 1. The van der Waals surface area contributed by atoms with Gasteiger partial charge in [0.25, 0.3) is 5.91 Å². The molecule has 10 heteroatoms. The zero-order chi connectivity index (χ0) is 24.6. The highest BCUT2D eigenvalue weighted by Crippen LogP contribution is 2.55. The van der Waals surface area contributed by atoms with Gasteiger partial charge in [0.05, 0.1) is 11.6 Å². The minimum Gasteiger partial charge on any atom is -0.508 e. The van der Waals surface area contributed by atoms with Crippen LogP contribution < -0.4 is 10.6 Å². The molecule has 178 valence electrons. The molecule has 3 aliphatic rings. The molecular weight excluding hydrogens is 430 g/mol. The van der Waals surface area contributed by atoms with Crippen LogP contribution >= 0.6 is 0 Å². The molecule has 33 heavy (non-hydrogen) atoms. The van der Waals surface area contributed by atoms with Crippen LogP contribution in [0.3, 0.4) is 0 Å². The van der Waals surface area contributed by atoms with E-state index in [0.717, 1.165) is 5.69 Å². The molecule has 0 heterocycles. The Bertz CT molecular complexity index is 1120. The molecule has 1 aromatic rings. The number of phenolic OH excluding ortho intramolecular Hbond substituents is 1. The molecule has 1 amide bonds. The zero-order valence-electron chi connectivity index (χ0n) is 18.9. The summed E-state index contributed by atoms with van der Waals surface area (Å²) in [6.07, 6.45) is -1.40. The largest absolute Gasteiger partial charge is 0.508 e. The molecule has 0 spiro atoms. The van der Waals surface area contributed by atoms with Gasteiger partial charge >= 0.3 is 0 Å². The standard InChI is InChI=1S/C23H29N3O7/c1-25(2)12-5-6-13(27)15-10(12)7-9-8-11-17(26(3)4)19(29)16(22(24)32)21(31)23(11,33)20(30)14(9)18(15)28/h5-6,9,11,17,20,27-28,30-31,33H,7-8H2,1-4H3,(H2,24,32)/t9-,11-,17-,20?,23-/m0/s1. The third-order valence-corrected chi connectivity index (χ3v) is 7.28. The van der Waals surface area contributed by atoms with Crippen LogP contribution in [0, 0.1) is 11.8 Å². The summed E-state index contributed by atoms with van der Waals surface area (Å²) < 4.78 is 0. The molecule has 0 radical (unpaired) electrons. The number of fused-ring (bicyclic) bond motifs is 3. The Kier molecular flexibility index (Phi) is 5.23. The van der Waals surface area contributed by atoms with Crippen LogP contribution in [0.5, 0.6) is 5.75 Å². The highest BCUT2D eigenvalue weighted by Gasteiger charge is 2.63. The van der Waals surface area contributed by atoms with Gasteiger partial charge in [-0.05, 0) is 50.6 Å². The quantitative estimate of drug-likeness (QED) is 0.336. The van der Waals surface area contributed by atoms with E-state index in [-0.39, 0.29) is 23.3 Å². The number of hydrogen-bond acceptors (Lipinski definition) is 9. The number of amides is 1. The van der Waals surface area contributed by atoms with Crippen molar-refractivity contribution >= 4 is 23.1 Å². The third kappa shape index (κ3) is 2.98. The summed E-state index contributed by atoms with van der Waals surface area (Å²) in [7, 11) is 6.84. The average molecular weight is 459 g/mol. The van der Waals surface area contributed by atoms with E-state index >= 15 is 0 Å². The monoisotopic (exact) mass is 459 g/mol. The van der Waals surface area contributed by atoms with Gasteiger partial charge in [-0.15, -0.1) is 0 Å². The number of aliphatic hydroxyl groups is 4. The fourth-order valence-electron chi connectivity index (χ4n) is 5.85. The SMILES string of the molecule is CN(C)c1ccc(O)c2c1C[C@H]1C[C@H]3[C@H](N(C)C)C(=O)C(C(N)=O)=C(O)[C@@]3(O)C(O)C1=C2O. The number of aromatic hydroxyl groups is 1. The number of Topliss-reactive ketones (excluding diaryl/α,β-unsaturated/α-hetero) is 1. The van der Waals surface area contributed by atoms with Gasteiger partial charge in [-0.1, -0.05) is 0 Å². The van der Waals surface area contributed by atoms with Crippen LogP contribution in [0.4, 0.5) is 5.69 Å². The van der Waals surface area contributed by atoms with Crippen LogP contribution in [0.25, 0.3) is 5.76 Å². The Morgan fingerprint density at radius 3 is 2.33 bits per heavy atom. The minimum atomic E-state index is -2.43. The lowest BCUT2D eigenvalue weighted by Gasteiger charge is -2.53. The highest BCUT2D eigenvalue weighted by molar-refractivity contribution is 6.22. The molecular formula is C23H29N3O7. The molecule has 1 aromatic carbocycles. The number of phenols is 1. The maximum absolute atomic E-state index is 13.1. The maximum atomic E-state index is 13.1. The van der Waals surface area contributed by atoms with Gasteiger partial charge in [0.15, 0.2) is 11.4 Å². The van der Waals surface area contributed by atoms with Crippen molar-refractivity contribution in [3.8, 4) is 5.75 Å². The van der Waals surface area contributed by atoms with E-state index in [2.05, 4.69) is 0 Å². The van der Waals surface area contributed by atoms with Crippen LogP contribution in [0.1, 0.15) is 17.5 Å². The molecule has 1 saturated carbocycles. The van der Waals surface area contributed by atoms with Crippen LogP contribution in [0.15, 0.2) is 29.0 Å². The van der Waals surface area contributed by atoms with Crippen LogP contribution in [0.2, 0.25) is 0 Å². The number of likely N-dealkylation sites (N-methyl/N-ethyl adjacent to an activating group) is 1. The van der Waals surface area contributed by atoms with E-state index in [4.69, 9.17) is 5.73 Å². The number of ketones is 1. The number of aliphatic hydroxyl groups excluding tert-OH is 3. The Morgan fingerprint density at radius 2 is 1.79 bits per heavy atom. The number of carbonyl (C=O) groups excluding carboxylic acids is 2. The molecule has 5 atom stereocenters. The van der Waals surface area contributed by atoms with Crippen molar-refractivity contribution < 1.29 is 35.1 Å². The van der Waals surface area contributed by atoms with Crippen molar-refractivity contribution in [2.75, 3.05) is 33.1 Å². The Hall–Kier alpha value is -3.08. The first-order valence-electron chi connectivity index (χ1n) is 10.6. The number of primary amides is 1. The maximum Gasteiger partial charge on any atom is 0.255 e. The molecule has 3 aliphatic carbocycles. The van der Waals surface area contributed by atoms with Gasteiger partial charge in [-0.2, -0.15) is 0 Å². The lowest BCUT2D eigenvalue weighted by molar-refractivity contribution is -0.157. The molecule has 1 unspecified atom stereocenters. The normalized spacial score (nSPS) is 31.3. The molecule has 1 fully saturated rings. The Morgan fingerprint density at radius 1 is 1.15 bits per heavy atom. The summed E-state index contributed by atoms with van der Waals surface area (Å²) in [5.41, 5.74) is 3.76. The summed E-state index contributed by atoms with van der Waals surface area (Å²) in [5.74, 6) is -5.00. The molecule has 0 aliphatic heterocycles. The molecule has 0 bridgehead atoms. The number of rotatable bonds is 3. The van der Waals surface area contributed by atoms with Gasteiger partial charge in [-0.25, -0.2) is 0 Å². The van der Waals surface area contributed by atoms with E-state index in [1.807, 2.05) is 19.0 Å². The van der Waals surface area contributed by atoms with Crippen molar-refractivity contribution in [3.63, 3.8) is 0 Å². The van der Waals surface area contributed by atoms with Crippen molar-refractivity contribution in [1.29, 1.82) is 0 Å². The van der Waals surface area contributed by atoms with E-state index in [1.54, 1.807) is 20.2 Å². The van der Waals surface area contributed by atoms with E-state index in [0.29, 0.717) is 12.0 Å². The van der Waals surface area contributed by atoms with Gasteiger partial charge < -0.3 is 36.2 Å². The second-order valence-electron chi connectivity index (χ2n) is 9.49. The highest BCUT2D eigenvalue weighted by atomic mass is 16.4. The van der Waals surface area contributed by atoms with Gasteiger partial charge in [0, 0.05) is 31.3 Å². The number of hydrogen-bond donors (Lipinski definition) is 6. The van der Waals surface area contributed by atoms with Gasteiger partial charge in [-0.3, -0.25) is 14.5 Å². The second-order valence-corrected chi connectivity index (χ2v) is 9.49. The van der Waals surface area contributed by atoms with Crippen LogP contribution in [-0.2, 0) is 16.0 Å². The predicted molar refractivity (Wildman–Crippen MR) is 120 cm³/mol. The second kappa shape index (κ2) is 7.47. The molecule has 4 rings (SSSR count). The third-order valence-electron chi connectivity index (χ3n) is 7.28. The first kappa shape index (κ1) is 23.1. The topological polar surface area (TPSA) is 168 Å². The zero-order valence-corrected chi connectivity index (χ0v) is 18.9. The fraction of sp³-hybridized carbons (Fsp3) is 0.478. The molecule has 10 nitrogen and oxygen atoms in total. The van der Waals surface area contributed by atoms with E-state index in [9.17, 15) is 35.1 Å². The number of nitrogens with zero attached hydrogens (tertiary/aromatic N) is 2. The van der Waals surface area contributed by atoms with E-state index < -0.39 is 58.4 Å². The summed E-state index contributed by atoms with van der Waals surface area (Å²) >= 11 is 0. The number of nitrogens with two attached hydrogens (primary N) is 1. The fourth-order valence-corrected chi connectivity index (χ4v) is 5.85. The van der Waals surface area contributed by atoms with Gasteiger partial charge in [0.1, 0.15) is 28.9 Å². The summed E-state index contributed by atoms with van der Waals surface area (Å²) in [6, 6.07) is 2.12. The summed E-state index contributed by atoms with van der Waals surface area (Å²) in [5, 5.41) is 55.5. The molecule has 0 aromatic heterocycles. The predicted octanol–water partition coefficient (Wildman–Crippen LogP) is -0.178. The lowest BCUT2D eigenvalue weighted by atomic mass is 9.56. The van der Waals surface area contributed by atoms with Gasteiger partial charge in [0.2, 0.25) is 0 Å². The Labute approximate surface area is 190 Å². The Balaban J connectivity index is 1.98. The smallest absolute Gasteiger partial charge is 0.255 e. The lowest BCUT2D eigenvalue weighted by Crippen LogP contribution is -2.67. The summed E-state index contributed by atoms with van der Waals surface area (Å²) in [4.78, 5) is 28.4. The van der Waals surface area contributed by atoms with Crippen LogP contribution in [-0.4, -0.2) is 88.1 Å². The van der Waals surface area contributed by atoms with Crippen molar-refractivity contribution in [2.24, 2.45) is 17.6 Å². The number of carbonyl (C=O) groups is 2. The first-order valence-corrected chi connectivity index (χ1v) is 10.6. The number of anilines is 1. The van der Waals surface area contributed by atoms with E-state index in [1.165, 1.54) is 11.0 Å². The average Bonchev–Trinajstić information content (AvgIpc) is 2.70. The van der Waals surface area contributed by atoms with Crippen molar-refractivity contribution in [1.82, 2.24) is 4.90 Å². The van der Waals surface area contributed by atoms with Crippen molar-refractivity contribution in [2.45, 2.75) is 30.6 Å². The summed E-state index contributed by atoms with van der Waals surface area (Å²) in [6.45, 7) is 0. The molecule has 0 saturated heterocycles. The first-order chi connectivity index (χ1) is 15.3.